The van der Waals surface area contributed by atoms with E-state index in [0.29, 0.717) is 6.61 Å². The third-order valence-electron chi connectivity index (χ3n) is 5.22. The van der Waals surface area contributed by atoms with E-state index in [4.69, 9.17) is 4.74 Å². The predicted octanol–water partition coefficient (Wildman–Crippen LogP) is 2.22. The van der Waals surface area contributed by atoms with Crippen LogP contribution in [-0.2, 0) is 24.3 Å². The van der Waals surface area contributed by atoms with E-state index in [9.17, 15) is 18.0 Å². The lowest BCUT2D eigenvalue weighted by molar-refractivity contribution is -0.143. The second-order valence-electron chi connectivity index (χ2n) is 9.75. The minimum Gasteiger partial charge on any atom is -0.376 e. The number of hydrogen-bond acceptors (Lipinski definition) is 5. The third-order valence-corrected chi connectivity index (χ3v) is 6.64. The maximum Gasteiger partial charge on any atom is 0.243 e. The summed E-state index contributed by atoms with van der Waals surface area (Å²) in [5, 5.41) is 2.95. The summed E-state index contributed by atoms with van der Waals surface area (Å²) in [5.74, 6) is -0.893. The monoisotopic (exact) mass is 467 g/mol. The largest absolute Gasteiger partial charge is 0.376 e. The summed E-state index contributed by atoms with van der Waals surface area (Å²) in [6.45, 7) is 11.7. The molecule has 0 unspecified atom stereocenters. The first-order valence-corrected chi connectivity index (χ1v) is 12.6. The molecule has 1 saturated heterocycles. The first-order valence-electron chi connectivity index (χ1n) is 11.1. The zero-order valence-corrected chi connectivity index (χ0v) is 20.8. The van der Waals surface area contributed by atoms with E-state index in [1.165, 1.54) is 17.0 Å². The topological polar surface area (TPSA) is 105 Å². The fraction of sp³-hybridized carbons (Fsp3) is 0.652. The number of amides is 2. The van der Waals surface area contributed by atoms with E-state index in [2.05, 4.69) is 10.0 Å². The number of benzene rings is 1. The predicted molar refractivity (Wildman–Crippen MR) is 124 cm³/mol. The Hall–Kier alpha value is -1.97. The van der Waals surface area contributed by atoms with Crippen molar-refractivity contribution in [3.63, 3.8) is 0 Å². The summed E-state index contributed by atoms with van der Waals surface area (Å²) in [5.41, 5.74) is 0.475. The van der Waals surface area contributed by atoms with Gasteiger partial charge >= 0.3 is 0 Å². The fourth-order valence-corrected chi connectivity index (χ4v) is 4.66. The summed E-state index contributed by atoms with van der Waals surface area (Å²) in [4.78, 5) is 27.9. The molecule has 9 heteroatoms. The molecule has 1 aromatic carbocycles. The second kappa shape index (κ2) is 10.8. The Morgan fingerprint density at radius 2 is 1.81 bits per heavy atom. The summed E-state index contributed by atoms with van der Waals surface area (Å²) in [7, 11) is -3.86. The number of nitrogens with one attached hydrogen (secondary N) is 2. The molecule has 2 atom stereocenters. The summed E-state index contributed by atoms with van der Waals surface area (Å²) in [6.07, 6.45) is 1.52. The zero-order chi connectivity index (χ0) is 24.1. The van der Waals surface area contributed by atoms with Crippen molar-refractivity contribution in [2.45, 2.75) is 77.0 Å². The quantitative estimate of drug-likeness (QED) is 0.579. The van der Waals surface area contributed by atoms with Gasteiger partial charge in [0.25, 0.3) is 0 Å². The molecule has 32 heavy (non-hydrogen) atoms. The SMILES string of the molecule is Cc1ccc(S(=O)(=O)NCC(=O)N(C[C@H]2CCCO2)[C@@H](C(=O)NC(C)(C)C)C(C)C)cc1. The van der Waals surface area contributed by atoms with Gasteiger partial charge in [-0.25, -0.2) is 13.1 Å². The van der Waals surface area contributed by atoms with E-state index in [0.717, 1.165) is 18.4 Å². The van der Waals surface area contributed by atoms with Crippen molar-refractivity contribution in [3.8, 4) is 0 Å². The molecule has 0 aromatic heterocycles. The molecular formula is C23H37N3O5S. The molecule has 1 aliphatic rings. The van der Waals surface area contributed by atoms with Crippen molar-refractivity contribution in [1.82, 2.24) is 14.9 Å². The molecule has 2 amide bonds. The van der Waals surface area contributed by atoms with Gasteiger partial charge in [-0.3, -0.25) is 9.59 Å². The van der Waals surface area contributed by atoms with E-state index >= 15 is 0 Å². The molecule has 0 radical (unpaired) electrons. The molecule has 8 nitrogen and oxygen atoms in total. The van der Waals surface area contributed by atoms with Crippen LogP contribution in [0.2, 0.25) is 0 Å². The van der Waals surface area contributed by atoms with Gasteiger partial charge in [0.15, 0.2) is 0 Å². The summed E-state index contributed by atoms with van der Waals surface area (Å²) in [6, 6.07) is 5.66. The standard InChI is InChI=1S/C23H37N3O5S/c1-16(2)21(22(28)25-23(4,5)6)26(15-18-8-7-13-31-18)20(27)14-24-32(29,30)19-11-9-17(3)10-12-19/h9-12,16,18,21,24H,7-8,13-15H2,1-6H3,(H,25,28)/t18-,21-/m1/s1. The van der Waals surface area contributed by atoms with E-state index in [-0.39, 0.29) is 29.4 Å². The number of aryl methyl sites for hydroxylation is 1. The summed E-state index contributed by atoms with van der Waals surface area (Å²) >= 11 is 0. The van der Waals surface area contributed by atoms with Crippen molar-refractivity contribution in [3.05, 3.63) is 29.8 Å². The van der Waals surface area contributed by atoms with Crippen LogP contribution in [0.3, 0.4) is 0 Å². The average Bonchev–Trinajstić information content (AvgIpc) is 3.17. The Balaban J connectivity index is 2.22. The molecular weight excluding hydrogens is 430 g/mol. The smallest absolute Gasteiger partial charge is 0.243 e. The highest BCUT2D eigenvalue weighted by Crippen LogP contribution is 2.19. The van der Waals surface area contributed by atoms with Gasteiger partial charge < -0.3 is 15.0 Å². The van der Waals surface area contributed by atoms with Gasteiger partial charge in [0, 0.05) is 18.7 Å². The van der Waals surface area contributed by atoms with Gasteiger partial charge in [-0.05, 0) is 58.6 Å². The number of carbonyl (C=O) groups excluding carboxylic acids is 2. The third kappa shape index (κ3) is 7.56. The summed E-state index contributed by atoms with van der Waals surface area (Å²) < 4.78 is 33.4. The Bertz CT molecular complexity index is 885. The van der Waals surface area contributed by atoms with Crippen molar-refractivity contribution in [2.75, 3.05) is 19.7 Å². The van der Waals surface area contributed by atoms with Gasteiger partial charge in [-0.2, -0.15) is 0 Å². The van der Waals surface area contributed by atoms with Crippen molar-refractivity contribution >= 4 is 21.8 Å². The van der Waals surface area contributed by atoms with Crippen LogP contribution in [-0.4, -0.2) is 62.5 Å². The van der Waals surface area contributed by atoms with Gasteiger partial charge in [-0.15, -0.1) is 0 Å². The number of hydrogen-bond donors (Lipinski definition) is 2. The number of sulfonamides is 1. The van der Waals surface area contributed by atoms with Crippen LogP contribution >= 0.6 is 0 Å². The molecule has 0 saturated carbocycles. The van der Waals surface area contributed by atoms with Crippen molar-refractivity contribution < 1.29 is 22.7 Å². The van der Waals surface area contributed by atoms with Gasteiger partial charge in [0.1, 0.15) is 6.04 Å². The van der Waals surface area contributed by atoms with Crippen LogP contribution < -0.4 is 10.0 Å². The lowest BCUT2D eigenvalue weighted by Gasteiger charge is -2.36. The van der Waals surface area contributed by atoms with Gasteiger partial charge in [-0.1, -0.05) is 31.5 Å². The van der Waals surface area contributed by atoms with Crippen LogP contribution in [0.5, 0.6) is 0 Å². The maximum absolute atomic E-state index is 13.2. The Morgan fingerprint density at radius 1 is 1.19 bits per heavy atom. The van der Waals surface area contributed by atoms with Crippen molar-refractivity contribution in [2.24, 2.45) is 5.92 Å². The zero-order valence-electron chi connectivity index (χ0n) is 20.0. The number of nitrogens with zero attached hydrogens (tertiary/aromatic N) is 1. The minimum absolute atomic E-state index is 0.0902. The molecule has 2 N–H and O–H groups in total. The second-order valence-corrected chi connectivity index (χ2v) is 11.5. The van der Waals surface area contributed by atoms with Crippen LogP contribution in [0.25, 0.3) is 0 Å². The van der Waals surface area contributed by atoms with E-state index in [1.54, 1.807) is 12.1 Å². The molecule has 180 valence electrons. The molecule has 2 rings (SSSR count). The van der Waals surface area contributed by atoms with Crippen LogP contribution in [0, 0.1) is 12.8 Å². The molecule has 1 fully saturated rings. The highest BCUT2D eigenvalue weighted by Gasteiger charge is 2.36. The first kappa shape index (κ1) is 26.3. The molecule has 1 aliphatic heterocycles. The molecule has 0 aliphatic carbocycles. The molecule has 1 aromatic rings. The Morgan fingerprint density at radius 3 is 2.31 bits per heavy atom. The molecule has 0 bridgehead atoms. The minimum atomic E-state index is -3.86. The normalized spacial score (nSPS) is 17.9. The number of ether oxygens (including phenoxy) is 1. The van der Waals surface area contributed by atoms with Crippen LogP contribution in [0.4, 0.5) is 0 Å². The van der Waals surface area contributed by atoms with Crippen LogP contribution in [0.15, 0.2) is 29.2 Å². The average molecular weight is 468 g/mol. The maximum atomic E-state index is 13.2. The Kier molecular flexibility index (Phi) is 8.84. The Labute approximate surface area is 192 Å². The van der Waals surface area contributed by atoms with E-state index in [1.807, 2.05) is 41.5 Å². The lowest BCUT2D eigenvalue weighted by atomic mass is 9.98. The highest BCUT2D eigenvalue weighted by atomic mass is 32.2. The van der Waals surface area contributed by atoms with Crippen LogP contribution in [0.1, 0.15) is 53.0 Å². The molecule has 0 spiro atoms. The highest BCUT2D eigenvalue weighted by molar-refractivity contribution is 7.89. The first-order chi connectivity index (χ1) is 14.8. The number of carbonyl (C=O) groups is 2. The number of rotatable bonds is 9. The lowest BCUT2D eigenvalue weighted by Crippen LogP contribution is -2.58. The van der Waals surface area contributed by atoms with Gasteiger partial charge in [0.2, 0.25) is 21.8 Å². The van der Waals surface area contributed by atoms with E-state index < -0.39 is 34.1 Å². The fourth-order valence-electron chi connectivity index (χ4n) is 3.68. The molecule has 1 heterocycles. The van der Waals surface area contributed by atoms with Gasteiger partial charge in [0.05, 0.1) is 17.5 Å². The van der Waals surface area contributed by atoms with Crippen molar-refractivity contribution in [1.29, 1.82) is 0 Å².